The highest BCUT2D eigenvalue weighted by Gasteiger charge is 2.27. The van der Waals surface area contributed by atoms with Crippen LogP contribution >= 0.6 is 0 Å². The first kappa shape index (κ1) is 17.8. The highest BCUT2D eigenvalue weighted by molar-refractivity contribution is 7.89. The molecule has 0 rings (SSSR count). The fraction of sp³-hybridized carbons (Fsp3) is 1.00. The number of sulfonamides is 1. The number of methoxy groups -OCH3 is 1. The summed E-state index contributed by atoms with van der Waals surface area (Å²) >= 11 is 0. The number of ether oxygens (including phenoxy) is 1. The van der Waals surface area contributed by atoms with Crippen LogP contribution in [0.2, 0.25) is 0 Å². The van der Waals surface area contributed by atoms with Crippen LogP contribution in [0.5, 0.6) is 0 Å². The molecule has 0 bridgehead atoms. The van der Waals surface area contributed by atoms with E-state index in [9.17, 15) is 8.42 Å². The molecule has 2 N–H and O–H groups in total. The quantitative estimate of drug-likeness (QED) is 0.607. The van der Waals surface area contributed by atoms with Gasteiger partial charge in [0.1, 0.15) is 0 Å². The molecule has 110 valence electrons. The second-order valence-electron chi connectivity index (χ2n) is 5.36. The van der Waals surface area contributed by atoms with Gasteiger partial charge in [0.2, 0.25) is 10.0 Å². The Bertz CT molecular complexity index is 315. The van der Waals surface area contributed by atoms with Crippen LogP contribution in [0.4, 0.5) is 0 Å². The summed E-state index contributed by atoms with van der Waals surface area (Å²) in [4.78, 5) is 0. The first-order chi connectivity index (χ1) is 8.29. The van der Waals surface area contributed by atoms with Gasteiger partial charge in [-0.1, -0.05) is 20.8 Å². The molecule has 6 heteroatoms. The fourth-order valence-corrected chi connectivity index (χ4v) is 3.37. The molecule has 0 aromatic carbocycles. The number of hydrogen-bond acceptors (Lipinski definition) is 4. The molecule has 0 amide bonds. The van der Waals surface area contributed by atoms with Crippen LogP contribution < -0.4 is 5.73 Å². The lowest BCUT2D eigenvalue weighted by atomic mass is 9.94. The standard InChI is InChI=1S/C12H28N2O3S/c1-5-7-14(11-12(2,3)10-13)18(15,16)9-6-8-17-4/h5-11,13H2,1-4H3. The minimum atomic E-state index is -3.20. The van der Waals surface area contributed by atoms with Gasteiger partial charge in [0.15, 0.2) is 0 Å². The maximum absolute atomic E-state index is 12.2. The Kier molecular flexibility index (Phi) is 8.02. The normalized spacial score (nSPS) is 13.2. The molecule has 0 aliphatic heterocycles. The zero-order valence-electron chi connectivity index (χ0n) is 12.1. The van der Waals surface area contributed by atoms with Crippen molar-refractivity contribution in [2.24, 2.45) is 11.1 Å². The van der Waals surface area contributed by atoms with E-state index in [0.717, 1.165) is 6.42 Å². The molecule has 0 saturated heterocycles. The predicted octanol–water partition coefficient (Wildman–Crippen LogP) is 1.05. The third-order valence-electron chi connectivity index (χ3n) is 2.77. The van der Waals surface area contributed by atoms with Gasteiger partial charge in [-0.2, -0.15) is 0 Å². The maximum atomic E-state index is 12.2. The summed E-state index contributed by atoms with van der Waals surface area (Å²) in [5.41, 5.74) is 5.48. The molecule has 0 aliphatic carbocycles. The topological polar surface area (TPSA) is 72.6 Å². The highest BCUT2D eigenvalue weighted by Crippen LogP contribution is 2.18. The summed E-state index contributed by atoms with van der Waals surface area (Å²) in [5, 5.41) is 0. The van der Waals surface area contributed by atoms with Crippen molar-refractivity contribution in [3.05, 3.63) is 0 Å². The molecular formula is C12H28N2O3S. The lowest BCUT2D eigenvalue weighted by Gasteiger charge is -2.31. The zero-order valence-corrected chi connectivity index (χ0v) is 12.9. The van der Waals surface area contributed by atoms with Gasteiger partial charge in [0.25, 0.3) is 0 Å². The van der Waals surface area contributed by atoms with Gasteiger partial charge < -0.3 is 10.5 Å². The Morgan fingerprint density at radius 1 is 1.33 bits per heavy atom. The van der Waals surface area contributed by atoms with Gasteiger partial charge >= 0.3 is 0 Å². The molecule has 0 aromatic rings. The summed E-state index contributed by atoms with van der Waals surface area (Å²) in [5.74, 6) is 0.140. The van der Waals surface area contributed by atoms with Crippen LogP contribution in [-0.2, 0) is 14.8 Å². The molecule has 0 spiro atoms. The molecule has 0 saturated carbocycles. The third kappa shape index (κ3) is 6.68. The number of nitrogens with zero attached hydrogens (tertiary/aromatic N) is 1. The second-order valence-corrected chi connectivity index (χ2v) is 7.45. The molecule has 5 nitrogen and oxygen atoms in total. The Morgan fingerprint density at radius 3 is 2.39 bits per heavy atom. The van der Waals surface area contributed by atoms with E-state index in [1.807, 2.05) is 20.8 Å². The monoisotopic (exact) mass is 280 g/mol. The van der Waals surface area contributed by atoms with Crippen molar-refractivity contribution >= 4 is 10.0 Å². The second kappa shape index (κ2) is 8.09. The Morgan fingerprint density at radius 2 is 1.94 bits per heavy atom. The van der Waals surface area contributed by atoms with Crippen molar-refractivity contribution in [3.63, 3.8) is 0 Å². The van der Waals surface area contributed by atoms with Gasteiger partial charge in [-0.25, -0.2) is 12.7 Å². The lowest BCUT2D eigenvalue weighted by molar-refractivity contribution is 0.198. The minimum Gasteiger partial charge on any atom is -0.385 e. The van der Waals surface area contributed by atoms with Crippen molar-refractivity contribution in [2.45, 2.75) is 33.6 Å². The van der Waals surface area contributed by atoms with Gasteiger partial charge in [-0.3, -0.25) is 0 Å². The van der Waals surface area contributed by atoms with E-state index in [1.54, 1.807) is 11.4 Å². The lowest BCUT2D eigenvalue weighted by Crippen LogP contribution is -2.43. The number of hydrogen-bond donors (Lipinski definition) is 1. The van der Waals surface area contributed by atoms with E-state index in [4.69, 9.17) is 10.5 Å². The Hall–Kier alpha value is -0.170. The maximum Gasteiger partial charge on any atom is 0.214 e. The van der Waals surface area contributed by atoms with Crippen LogP contribution in [-0.4, -0.2) is 51.8 Å². The highest BCUT2D eigenvalue weighted by atomic mass is 32.2. The predicted molar refractivity (Wildman–Crippen MR) is 75.0 cm³/mol. The van der Waals surface area contributed by atoms with Gasteiger partial charge in [0, 0.05) is 26.8 Å². The third-order valence-corrected chi connectivity index (χ3v) is 4.68. The summed E-state index contributed by atoms with van der Waals surface area (Å²) in [6.45, 7) is 7.93. The molecule has 0 atom stereocenters. The summed E-state index contributed by atoms with van der Waals surface area (Å²) in [6.07, 6.45) is 1.34. The molecule has 0 aromatic heterocycles. The molecule has 0 aliphatic rings. The average molecular weight is 280 g/mol. The van der Waals surface area contributed by atoms with E-state index in [1.165, 1.54) is 0 Å². The number of rotatable bonds is 10. The zero-order chi connectivity index (χ0) is 14.2. The van der Waals surface area contributed by atoms with Crippen LogP contribution in [0.25, 0.3) is 0 Å². The minimum absolute atomic E-state index is 0.140. The first-order valence-corrected chi connectivity index (χ1v) is 8.07. The van der Waals surface area contributed by atoms with Gasteiger partial charge in [-0.15, -0.1) is 0 Å². The number of nitrogens with two attached hydrogens (primary N) is 1. The van der Waals surface area contributed by atoms with E-state index in [0.29, 0.717) is 32.7 Å². The SMILES string of the molecule is CCCN(CC(C)(C)CN)S(=O)(=O)CCCOC. The van der Waals surface area contributed by atoms with E-state index in [-0.39, 0.29) is 11.2 Å². The van der Waals surface area contributed by atoms with Crippen LogP contribution in [0.1, 0.15) is 33.6 Å². The largest absolute Gasteiger partial charge is 0.385 e. The molecule has 0 heterocycles. The van der Waals surface area contributed by atoms with E-state index < -0.39 is 10.0 Å². The Labute approximate surface area is 112 Å². The van der Waals surface area contributed by atoms with Crippen LogP contribution in [0, 0.1) is 5.41 Å². The van der Waals surface area contributed by atoms with Crippen molar-refractivity contribution < 1.29 is 13.2 Å². The smallest absolute Gasteiger partial charge is 0.214 e. The molecule has 0 radical (unpaired) electrons. The summed E-state index contributed by atoms with van der Waals surface area (Å²) in [7, 11) is -1.62. The molecule has 18 heavy (non-hydrogen) atoms. The Balaban J connectivity index is 4.66. The van der Waals surface area contributed by atoms with Crippen LogP contribution in [0.15, 0.2) is 0 Å². The van der Waals surface area contributed by atoms with Gasteiger partial charge in [-0.05, 0) is 24.8 Å². The summed E-state index contributed by atoms with van der Waals surface area (Å²) < 4.78 is 30.9. The van der Waals surface area contributed by atoms with Crippen molar-refractivity contribution in [1.82, 2.24) is 4.31 Å². The summed E-state index contributed by atoms with van der Waals surface area (Å²) in [6, 6.07) is 0. The average Bonchev–Trinajstić information content (AvgIpc) is 2.28. The van der Waals surface area contributed by atoms with Crippen molar-refractivity contribution in [2.75, 3.05) is 39.1 Å². The van der Waals surface area contributed by atoms with E-state index in [2.05, 4.69) is 0 Å². The van der Waals surface area contributed by atoms with Gasteiger partial charge in [0.05, 0.1) is 5.75 Å². The van der Waals surface area contributed by atoms with E-state index >= 15 is 0 Å². The fourth-order valence-electron chi connectivity index (χ4n) is 1.62. The van der Waals surface area contributed by atoms with Crippen molar-refractivity contribution in [3.8, 4) is 0 Å². The molecule has 0 fully saturated rings. The molecule has 0 unspecified atom stereocenters. The first-order valence-electron chi connectivity index (χ1n) is 6.46. The van der Waals surface area contributed by atoms with Crippen molar-refractivity contribution in [1.29, 1.82) is 0 Å². The van der Waals surface area contributed by atoms with Crippen LogP contribution in [0.3, 0.4) is 0 Å². The molecular weight excluding hydrogens is 252 g/mol.